The molecule has 2 aromatic carbocycles. The number of hydrogen-bond acceptors (Lipinski definition) is 1. The van der Waals surface area contributed by atoms with Crippen molar-refractivity contribution in [2.24, 2.45) is 0 Å². The standard InChI is InChI=1S/C16H13F3N2/c1-20-15-9-6-12(10-14(15)16(17,18)19)11-4-7-13(8-5-11)21(2)3/h4-10H,2-3H3. The molecule has 0 amide bonds. The Labute approximate surface area is 121 Å². The van der Waals surface area contributed by atoms with E-state index in [0.29, 0.717) is 11.1 Å². The molecular formula is C16H13F3N2. The summed E-state index contributed by atoms with van der Waals surface area (Å²) in [5.41, 5.74) is 0.818. The second-order valence-electron chi connectivity index (χ2n) is 4.78. The zero-order chi connectivity index (χ0) is 15.6. The van der Waals surface area contributed by atoms with Gasteiger partial charge in [0.2, 0.25) is 0 Å². The molecule has 0 heterocycles. The number of nitrogens with zero attached hydrogens (tertiary/aromatic N) is 2. The first-order chi connectivity index (χ1) is 9.82. The third kappa shape index (κ3) is 3.16. The molecule has 0 saturated heterocycles. The Bertz CT molecular complexity index is 680. The van der Waals surface area contributed by atoms with Crippen molar-refractivity contribution in [1.29, 1.82) is 0 Å². The lowest BCUT2D eigenvalue weighted by Crippen LogP contribution is -2.08. The number of hydrogen-bond donors (Lipinski definition) is 0. The highest BCUT2D eigenvalue weighted by Gasteiger charge is 2.33. The molecule has 0 aliphatic heterocycles. The summed E-state index contributed by atoms with van der Waals surface area (Å²) in [6.45, 7) is 6.83. The van der Waals surface area contributed by atoms with Crippen LogP contribution < -0.4 is 4.90 Å². The number of alkyl halides is 3. The second-order valence-corrected chi connectivity index (χ2v) is 4.78. The minimum absolute atomic E-state index is 0.379. The molecule has 0 aliphatic rings. The van der Waals surface area contributed by atoms with Gasteiger partial charge in [0.1, 0.15) is 0 Å². The molecular weight excluding hydrogens is 277 g/mol. The Balaban J connectivity index is 2.48. The topological polar surface area (TPSA) is 7.60 Å². The van der Waals surface area contributed by atoms with E-state index in [9.17, 15) is 13.2 Å². The van der Waals surface area contributed by atoms with Crippen molar-refractivity contribution in [2.75, 3.05) is 19.0 Å². The Morgan fingerprint density at radius 1 is 0.952 bits per heavy atom. The van der Waals surface area contributed by atoms with Crippen LogP contribution in [0.3, 0.4) is 0 Å². The van der Waals surface area contributed by atoms with Gasteiger partial charge < -0.3 is 4.90 Å². The Kier molecular flexibility index (Phi) is 3.90. The van der Waals surface area contributed by atoms with Crippen LogP contribution in [0.15, 0.2) is 42.5 Å². The van der Waals surface area contributed by atoms with E-state index in [1.807, 2.05) is 31.1 Å². The molecule has 2 aromatic rings. The highest BCUT2D eigenvalue weighted by molar-refractivity contribution is 5.71. The quantitative estimate of drug-likeness (QED) is 0.707. The van der Waals surface area contributed by atoms with Crippen molar-refractivity contribution in [2.45, 2.75) is 6.18 Å². The molecule has 0 N–H and O–H groups in total. The fourth-order valence-electron chi connectivity index (χ4n) is 1.99. The molecule has 0 aromatic heterocycles. The molecule has 21 heavy (non-hydrogen) atoms. The van der Waals surface area contributed by atoms with Gasteiger partial charge in [-0.3, -0.25) is 0 Å². The van der Waals surface area contributed by atoms with Gasteiger partial charge in [-0.1, -0.05) is 30.3 Å². The van der Waals surface area contributed by atoms with E-state index in [1.54, 1.807) is 12.1 Å². The van der Waals surface area contributed by atoms with E-state index in [4.69, 9.17) is 6.57 Å². The van der Waals surface area contributed by atoms with Crippen molar-refractivity contribution in [1.82, 2.24) is 0 Å². The summed E-state index contributed by atoms with van der Waals surface area (Å²) in [5, 5.41) is 0. The molecule has 0 spiro atoms. The van der Waals surface area contributed by atoms with Gasteiger partial charge >= 0.3 is 6.18 Å². The van der Waals surface area contributed by atoms with Crippen LogP contribution in [-0.4, -0.2) is 14.1 Å². The van der Waals surface area contributed by atoms with Gasteiger partial charge in [-0.2, -0.15) is 13.2 Å². The molecule has 108 valence electrons. The van der Waals surface area contributed by atoms with Crippen LogP contribution in [0.5, 0.6) is 0 Å². The molecule has 0 bridgehead atoms. The number of halogens is 3. The first-order valence-electron chi connectivity index (χ1n) is 6.19. The summed E-state index contributed by atoms with van der Waals surface area (Å²) in [6, 6.07) is 11.0. The summed E-state index contributed by atoms with van der Waals surface area (Å²) < 4.78 is 38.9. The Morgan fingerprint density at radius 2 is 1.52 bits per heavy atom. The highest BCUT2D eigenvalue weighted by atomic mass is 19.4. The highest BCUT2D eigenvalue weighted by Crippen LogP contribution is 2.39. The normalized spacial score (nSPS) is 11.0. The second kappa shape index (κ2) is 5.49. The van der Waals surface area contributed by atoms with Crippen LogP contribution in [0.2, 0.25) is 0 Å². The van der Waals surface area contributed by atoms with Crippen LogP contribution in [0.25, 0.3) is 16.0 Å². The lowest BCUT2D eigenvalue weighted by atomic mass is 10.0. The smallest absolute Gasteiger partial charge is 0.378 e. The SMILES string of the molecule is [C-]#[N+]c1ccc(-c2ccc(N(C)C)cc2)cc1C(F)(F)F. The lowest BCUT2D eigenvalue weighted by Gasteiger charge is -2.14. The van der Waals surface area contributed by atoms with Crippen LogP contribution in [0.1, 0.15) is 5.56 Å². The van der Waals surface area contributed by atoms with Gasteiger partial charge in [0, 0.05) is 19.8 Å². The minimum Gasteiger partial charge on any atom is -0.378 e. The van der Waals surface area contributed by atoms with Gasteiger partial charge in [-0.15, -0.1) is 0 Å². The molecule has 5 heteroatoms. The van der Waals surface area contributed by atoms with Crippen molar-refractivity contribution in [3.8, 4) is 11.1 Å². The van der Waals surface area contributed by atoms with E-state index in [2.05, 4.69) is 4.85 Å². The van der Waals surface area contributed by atoms with Crippen LogP contribution in [-0.2, 0) is 6.18 Å². The van der Waals surface area contributed by atoms with Crippen LogP contribution in [0, 0.1) is 6.57 Å². The maximum Gasteiger partial charge on any atom is 0.407 e. The van der Waals surface area contributed by atoms with Gasteiger partial charge in [0.05, 0.1) is 12.1 Å². The largest absolute Gasteiger partial charge is 0.407 e. The van der Waals surface area contributed by atoms with Crippen molar-refractivity contribution in [3.05, 3.63) is 59.4 Å². The average molecular weight is 290 g/mol. The van der Waals surface area contributed by atoms with Gasteiger partial charge in [0.15, 0.2) is 5.69 Å². The summed E-state index contributed by atoms with van der Waals surface area (Å²) in [7, 11) is 3.78. The number of anilines is 1. The molecule has 0 atom stereocenters. The summed E-state index contributed by atoms with van der Waals surface area (Å²) in [4.78, 5) is 4.84. The number of rotatable bonds is 2. The lowest BCUT2D eigenvalue weighted by molar-refractivity contribution is -0.136. The predicted octanol–water partition coefficient (Wildman–Crippen LogP) is 4.99. The first-order valence-corrected chi connectivity index (χ1v) is 6.19. The Hall–Kier alpha value is -2.48. The van der Waals surface area contributed by atoms with Crippen LogP contribution >= 0.6 is 0 Å². The van der Waals surface area contributed by atoms with E-state index in [-0.39, 0.29) is 5.69 Å². The molecule has 0 radical (unpaired) electrons. The zero-order valence-corrected chi connectivity index (χ0v) is 11.6. The van der Waals surface area contributed by atoms with Crippen molar-refractivity contribution in [3.63, 3.8) is 0 Å². The molecule has 2 nitrogen and oxygen atoms in total. The molecule has 0 saturated carbocycles. The maximum absolute atomic E-state index is 13.0. The average Bonchev–Trinajstić information content (AvgIpc) is 2.45. The Morgan fingerprint density at radius 3 is 2.00 bits per heavy atom. The summed E-state index contributed by atoms with van der Waals surface area (Å²) in [5.74, 6) is 0. The number of benzene rings is 2. The van der Waals surface area contributed by atoms with Gasteiger partial charge in [-0.05, 0) is 23.3 Å². The molecule has 0 fully saturated rings. The first kappa shape index (κ1) is 14.9. The van der Waals surface area contributed by atoms with E-state index in [0.717, 1.165) is 11.8 Å². The molecule has 2 rings (SSSR count). The van der Waals surface area contributed by atoms with Crippen molar-refractivity contribution >= 4 is 11.4 Å². The van der Waals surface area contributed by atoms with E-state index < -0.39 is 11.7 Å². The fourth-order valence-corrected chi connectivity index (χ4v) is 1.99. The summed E-state index contributed by atoms with van der Waals surface area (Å²) >= 11 is 0. The summed E-state index contributed by atoms with van der Waals surface area (Å²) in [6.07, 6.45) is -4.53. The van der Waals surface area contributed by atoms with E-state index in [1.165, 1.54) is 12.1 Å². The third-order valence-electron chi connectivity index (χ3n) is 3.14. The molecule has 0 unspecified atom stereocenters. The third-order valence-corrected chi connectivity index (χ3v) is 3.14. The van der Waals surface area contributed by atoms with Gasteiger partial charge in [0.25, 0.3) is 0 Å². The minimum atomic E-state index is -4.53. The van der Waals surface area contributed by atoms with E-state index >= 15 is 0 Å². The van der Waals surface area contributed by atoms with Crippen molar-refractivity contribution < 1.29 is 13.2 Å². The van der Waals surface area contributed by atoms with Gasteiger partial charge in [-0.25, -0.2) is 4.85 Å². The maximum atomic E-state index is 13.0. The molecule has 0 aliphatic carbocycles. The monoisotopic (exact) mass is 290 g/mol. The van der Waals surface area contributed by atoms with Crippen LogP contribution in [0.4, 0.5) is 24.5 Å². The predicted molar refractivity (Wildman–Crippen MR) is 77.5 cm³/mol. The zero-order valence-electron chi connectivity index (χ0n) is 11.6. The fraction of sp³-hybridized carbons (Fsp3) is 0.188.